The van der Waals surface area contributed by atoms with Crippen molar-refractivity contribution in [1.29, 1.82) is 0 Å². The molecule has 4 rings (SSSR count). The van der Waals surface area contributed by atoms with Crippen LogP contribution in [0, 0.1) is 6.92 Å². The highest BCUT2D eigenvalue weighted by molar-refractivity contribution is 6.31. The van der Waals surface area contributed by atoms with Gasteiger partial charge in [-0.05, 0) is 48.7 Å². The first-order valence-corrected chi connectivity index (χ1v) is 11.6. The zero-order valence-corrected chi connectivity index (χ0v) is 19.5. The van der Waals surface area contributed by atoms with Gasteiger partial charge in [0, 0.05) is 24.5 Å². The monoisotopic (exact) mass is 461 g/mol. The Morgan fingerprint density at radius 3 is 2.64 bits per heavy atom. The summed E-state index contributed by atoms with van der Waals surface area (Å²) in [4.78, 5) is 17.2. The van der Waals surface area contributed by atoms with Crippen molar-refractivity contribution < 1.29 is 9.53 Å². The first-order valence-electron chi connectivity index (χ1n) is 11.2. The van der Waals surface area contributed by atoms with Gasteiger partial charge in [0.2, 0.25) is 5.91 Å². The number of amides is 1. The Bertz CT molecular complexity index is 1240. The van der Waals surface area contributed by atoms with Crippen LogP contribution in [0.2, 0.25) is 5.02 Å². The lowest BCUT2D eigenvalue weighted by molar-refractivity contribution is -0.120. The maximum absolute atomic E-state index is 12.4. The average Bonchev–Trinajstić information content (AvgIpc) is 3.16. The normalized spacial score (nSPS) is 11.0. The van der Waals surface area contributed by atoms with Crippen LogP contribution in [-0.2, 0) is 24.2 Å². The third kappa shape index (κ3) is 5.93. The van der Waals surface area contributed by atoms with E-state index in [2.05, 4.69) is 28.9 Å². The van der Waals surface area contributed by atoms with Gasteiger partial charge in [-0.3, -0.25) is 4.79 Å². The summed E-state index contributed by atoms with van der Waals surface area (Å²) >= 11 is 6.17. The molecule has 0 fully saturated rings. The van der Waals surface area contributed by atoms with Crippen LogP contribution in [0.4, 0.5) is 0 Å². The number of carbonyl (C=O) groups excluding carboxylic acids is 1. The van der Waals surface area contributed by atoms with Gasteiger partial charge in [-0.2, -0.15) is 0 Å². The molecular formula is C27H28ClN3O2. The molecule has 1 aromatic heterocycles. The van der Waals surface area contributed by atoms with Gasteiger partial charge < -0.3 is 14.6 Å². The van der Waals surface area contributed by atoms with Gasteiger partial charge in [0.25, 0.3) is 0 Å². The fourth-order valence-corrected chi connectivity index (χ4v) is 4.08. The van der Waals surface area contributed by atoms with Gasteiger partial charge in [0.1, 0.15) is 11.6 Å². The molecule has 0 atom stereocenters. The smallest absolute Gasteiger partial charge is 0.224 e. The summed E-state index contributed by atoms with van der Waals surface area (Å²) < 4.78 is 8.20. The van der Waals surface area contributed by atoms with E-state index in [9.17, 15) is 4.79 Å². The Morgan fingerprint density at radius 1 is 1.03 bits per heavy atom. The lowest BCUT2D eigenvalue weighted by Crippen LogP contribution is -2.28. The van der Waals surface area contributed by atoms with Crippen molar-refractivity contribution in [3.63, 3.8) is 0 Å². The van der Waals surface area contributed by atoms with Crippen molar-refractivity contribution >= 4 is 28.5 Å². The van der Waals surface area contributed by atoms with Gasteiger partial charge >= 0.3 is 0 Å². The SMILES string of the molecule is Cc1ccccc1OCCCn1c(CCNC(=O)Cc2ccccc2Cl)nc2ccccc21. The maximum atomic E-state index is 12.4. The summed E-state index contributed by atoms with van der Waals surface area (Å²) in [6.07, 6.45) is 1.79. The van der Waals surface area contributed by atoms with E-state index in [0.717, 1.165) is 46.7 Å². The summed E-state index contributed by atoms with van der Waals surface area (Å²) in [7, 11) is 0. The summed E-state index contributed by atoms with van der Waals surface area (Å²) in [6.45, 7) is 4.00. The van der Waals surface area contributed by atoms with E-state index in [0.29, 0.717) is 24.6 Å². The number of aromatic nitrogens is 2. The van der Waals surface area contributed by atoms with Crippen molar-refractivity contribution in [1.82, 2.24) is 14.9 Å². The molecule has 3 aromatic carbocycles. The van der Waals surface area contributed by atoms with Crippen LogP contribution in [0.15, 0.2) is 72.8 Å². The van der Waals surface area contributed by atoms with E-state index in [4.69, 9.17) is 21.3 Å². The zero-order chi connectivity index (χ0) is 23.0. The molecule has 0 aliphatic carbocycles. The van der Waals surface area contributed by atoms with Gasteiger partial charge in [0.05, 0.1) is 24.1 Å². The Hall–Kier alpha value is -3.31. The number of carbonyl (C=O) groups is 1. The molecule has 0 spiro atoms. The number of hydrogen-bond acceptors (Lipinski definition) is 3. The largest absolute Gasteiger partial charge is 0.493 e. The van der Waals surface area contributed by atoms with Crippen LogP contribution in [0.1, 0.15) is 23.4 Å². The van der Waals surface area contributed by atoms with Crippen LogP contribution in [-0.4, -0.2) is 28.6 Å². The third-order valence-electron chi connectivity index (χ3n) is 5.59. The van der Waals surface area contributed by atoms with Crippen molar-refractivity contribution in [2.75, 3.05) is 13.2 Å². The molecule has 0 saturated carbocycles. The van der Waals surface area contributed by atoms with Crippen molar-refractivity contribution in [3.8, 4) is 5.75 Å². The predicted molar refractivity (Wildman–Crippen MR) is 133 cm³/mol. The van der Waals surface area contributed by atoms with E-state index in [1.54, 1.807) is 6.07 Å². The van der Waals surface area contributed by atoms with Crippen molar-refractivity contribution in [2.45, 2.75) is 32.7 Å². The predicted octanol–water partition coefficient (Wildman–Crippen LogP) is 5.37. The third-order valence-corrected chi connectivity index (χ3v) is 5.96. The number of fused-ring (bicyclic) bond motifs is 1. The topological polar surface area (TPSA) is 56.1 Å². The molecule has 0 radical (unpaired) electrons. The first kappa shape index (κ1) is 22.9. The van der Waals surface area contributed by atoms with Gasteiger partial charge in [-0.15, -0.1) is 0 Å². The summed E-state index contributed by atoms with van der Waals surface area (Å²) in [5.41, 5.74) is 4.04. The van der Waals surface area contributed by atoms with Gasteiger partial charge in [-0.1, -0.05) is 60.1 Å². The van der Waals surface area contributed by atoms with E-state index in [-0.39, 0.29) is 12.3 Å². The van der Waals surface area contributed by atoms with E-state index in [1.165, 1.54) is 0 Å². The molecule has 1 N–H and O–H groups in total. The number of aryl methyl sites for hydroxylation is 2. The molecular weight excluding hydrogens is 434 g/mol. The minimum Gasteiger partial charge on any atom is -0.493 e. The van der Waals surface area contributed by atoms with Gasteiger partial charge in [-0.25, -0.2) is 4.98 Å². The number of nitrogens with zero attached hydrogens (tertiary/aromatic N) is 2. The molecule has 1 heterocycles. The second-order valence-corrected chi connectivity index (χ2v) is 8.41. The molecule has 0 unspecified atom stereocenters. The number of hydrogen-bond donors (Lipinski definition) is 1. The minimum atomic E-state index is -0.0441. The van der Waals surface area contributed by atoms with Crippen molar-refractivity contribution in [3.05, 3.63) is 94.8 Å². The number of imidazole rings is 1. The Kier molecular flexibility index (Phi) is 7.63. The molecule has 0 aliphatic heterocycles. The minimum absolute atomic E-state index is 0.0441. The number of ether oxygens (including phenoxy) is 1. The molecule has 0 bridgehead atoms. The highest BCUT2D eigenvalue weighted by Crippen LogP contribution is 2.19. The van der Waals surface area contributed by atoms with Crippen molar-refractivity contribution in [2.24, 2.45) is 0 Å². The number of rotatable bonds is 10. The second-order valence-electron chi connectivity index (χ2n) is 8.00. The summed E-state index contributed by atoms with van der Waals surface area (Å²) in [6, 6.07) is 23.6. The highest BCUT2D eigenvalue weighted by atomic mass is 35.5. The Balaban J connectivity index is 1.35. The average molecular weight is 462 g/mol. The van der Waals surface area contributed by atoms with Crippen LogP contribution in [0.5, 0.6) is 5.75 Å². The Labute approximate surface area is 199 Å². The highest BCUT2D eigenvalue weighted by Gasteiger charge is 2.12. The number of para-hydroxylation sites is 3. The fraction of sp³-hybridized carbons (Fsp3) is 0.259. The number of nitrogens with one attached hydrogen (secondary N) is 1. The second kappa shape index (κ2) is 11.0. The molecule has 6 heteroatoms. The number of halogens is 1. The maximum Gasteiger partial charge on any atom is 0.224 e. The summed E-state index contributed by atoms with van der Waals surface area (Å²) in [5, 5.41) is 3.61. The summed E-state index contributed by atoms with van der Waals surface area (Å²) in [5.74, 6) is 1.84. The quantitative estimate of drug-likeness (QED) is 0.323. The first-order chi connectivity index (χ1) is 16.1. The molecule has 0 saturated heterocycles. The van der Waals surface area contributed by atoms with E-state index in [1.807, 2.05) is 54.6 Å². The van der Waals surface area contributed by atoms with Gasteiger partial charge in [0.15, 0.2) is 0 Å². The molecule has 4 aromatic rings. The van der Waals surface area contributed by atoms with Crippen LogP contribution in [0.25, 0.3) is 11.0 Å². The molecule has 33 heavy (non-hydrogen) atoms. The fourth-order valence-electron chi connectivity index (χ4n) is 3.88. The molecule has 1 amide bonds. The Morgan fingerprint density at radius 2 is 1.79 bits per heavy atom. The lowest BCUT2D eigenvalue weighted by atomic mass is 10.1. The van der Waals surface area contributed by atoms with Crippen LogP contribution in [0.3, 0.4) is 0 Å². The number of benzene rings is 3. The van der Waals surface area contributed by atoms with Crippen LogP contribution < -0.4 is 10.1 Å². The molecule has 0 aliphatic rings. The molecule has 5 nitrogen and oxygen atoms in total. The van der Waals surface area contributed by atoms with E-state index >= 15 is 0 Å². The zero-order valence-electron chi connectivity index (χ0n) is 18.8. The standard InChI is InChI=1S/C27H28ClN3O2/c1-20-9-2-7-14-25(20)33-18-8-17-31-24-13-6-5-12-23(24)30-26(31)15-16-29-27(32)19-21-10-3-4-11-22(21)28/h2-7,9-14H,8,15-19H2,1H3,(H,29,32). The lowest BCUT2D eigenvalue weighted by Gasteiger charge is -2.12. The molecule has 170 valence electrons. The van der Waals surface area contributed by atoms with E-state index < -0.39 is 0 Å². The van der Waals surface area contributed by atoms with Crippen LogP contribution >= 0.6 is 11.6 Å².